The summed E-state index contributed by atoms with van der Waals surface area (Å²) in [5.74, 6) is 3.00. The third-order valence-electron chi connectivity index (χ3n) is 13.1. The Balaban J connectivity index is 0.879. The van der Waals surface area contributed by atoms with E-state index in [4.69, 9.17) is 24.1 Å². The van der Waals surface area contributed by atoms with Crippen LogP contribution in [-0.4, -0.2) is 30.0 Å². The lowest BCUT2D eigenvalue weighted by Crippen LogP contribution is -2.34. The Labute approximate surface area is 354 Å². The number of hydrogen-bond acceptors (Lipinski definition) is 6. The number of allylic oxidation sites excluding steroid dienone is 7. The lowest BCUT2D eigenvalue weighted by atomic mass is 9.69. The average Bonchev–Trinajstić information content (AvgIpc) is 3.91. The molecule has 61 heavy (non-hydrogen) atoms. The van der Waals surface area contributed by atoms with Crippen LogP contribution in [0.5, 0.6) is 5.75 Å². The van der Waals surface area contributed by atoms with Crippen LogP contribution in [0.25, 0.3) is 44.2 Å². The number of dihydropyridines is 1. The van der Waals surface area contributed by atoms with Crippen LogP contribution in [0.1, 0.15) is 42.1 Å². The van der Waals surface area contributed by atoms with Gasteiger partial charge in [-0.05, 0) is 46.9 Å². The highest BCUT2D eigenvalue weighted by molar-refractivity contribution is 6.14. The van der Waals surface area contributed by atoms with Crippen molar-refractivity contribution in [2.24, 2.45) is 26.3 Å². The van der Waals surface area contributed by atoms with E-state index in [2.05, 4.69) is 182 Å². The van der Waals surface area contributed by atoms with Gasteiger partial charge in [-0.1, -0.05) is 171 Å². The zero-order valence-corrected chi connectivity index (χ0v) is 33.6. The van der Waals surface area contributed by atoms with Gasteiger partial charge in [-0.3, -0.25) is 4.99 Å². The summed E-state index contributed by atoms with van der Waals surface area (Å²) in [6.07, 6.45) is 28.9. The third kappa shape index (κ3) is 6.04. The standard InChI is InChI=1S/C55H42N4O2/c1-55(46-18-6-10-36-11-9-33-56-49(36)46)31-29-39(30-32-55)54-58-52(37-25-21-34(22-26-37)40-14-7-16-44-42-12-2-4-19-47(42)60-50(40)44)57-53(59-54)38-27-23-35(24-28-38)41-15-8-17-45-43-13-3-5-20-48(43)61-51(41)45/h2-31,33,36,42,47,49,53H,32H2,1H3,(H,57,58,59). The van der Waals surface area contributed by atoms with Gasteiger partial charge in [0.15, 0.2) is 5.84 Å². The molecule has 0 radical (unpaired) electrons. The average molecular weight is 791 g/mol. The Hall–Kier alpha value is -7.31. The summed E-state index contributed by atoms with van der Waals surface area (Å²) in [4.78, 5) is 15.4. The molecular weight excluding hydrogens is 749 g/mol. The first-order chi connectivity index (χ1) is 30.1. The summed E-state index contributed by atoms with van der Waals surface area (Å²) >= 11 is 0. The Morgan fingerprint density at radius 3 is 2.38 bits per heavy atom. The molecule has 5 aromatic carbocycles. The van der Waals surface area contributed by atoms with Crippen molar-refractivity contribution in [1.29, 1.82) is 0 Å². The zero-order valence-electron chi connectivity index (χ0n) is 33.6. The van der Waals surface area contributed by atoms with E-state index in [1.54, 1.807) is 0 Å². The minimum absolute atomic E-state index is 0.0379. The van der Waals surface area contributed by atoms with E-state index in [1.807, 2.05) is 18.3 Å². The molecule has 6 unspecified atom stereocenters. The lowest BCUT2D eigenvalue weighted by Gasteiger charge is -2.38. The van der Waals surface area contributed by atoms with Gasteiger partial charge in [-0.15, -0.1) is 0 Å². The number of rotatable bonds is 6. The van der Waals surface area contributed by atoms with Crippen LogP contribution in [-0.2, 0) is 0 Å². The molecule has 6 aromatic rings. The summed E-state index contributed by atoms with van der Waals surface area (Å²) < 4.78 is 12.9. The maximum absolute atomic E-state index is 6.51. The van der Waals surface area contributed by atoms with E-state index in [0.717, 1.165) is 78.9 Å². The second kappa shape index (κ2) is 14.2. The minimum atomic E-state index is -0.355. The monoisotopic (exact) mass is 790 g/mol. The van der Waals surface area contributed by atoms with E-state index in [9.17, 15) is 0 Å². The first kappa shape index (κ1) is 35.6. The Morgan fingerprint density at radius 1 is 0.721 bits per heavy atom. The SMILES string of the molecule is CC1(C2=CC=CC3C=CC=NC23)C=CC(C2=NC(c3ccc(-c4cccc5c4oc4ccccc45)cc3)NC(c3ccc(-c4cccc5c4OC4C=CC=CC54)cc3)=N2)=CC1. The number of ether oxygens (including phenoxy) is 1. The van der Waals surface area contributed by atoms with Gasteiger partial charge < -0.3 is 14.5 Å². The van der Waals surface area contributed by atoms with E-state index >= 15 is 0 Å². The van der Waals surface area contributed by atoms with Gasteiger partial charge in [-0.25, -0.2) is 9.98 Å². The topological polar surface area (TPSA) is 71.5 Å². The normalized spacial score (nSPS) is 25.6. The molecule has 6 aliphatic rings. The molecule has 4 heterocycles. The molecule has 3 aliphatic carbocycles. The maximum atomic E-state index is 6.51. The van der Waals surface area contributed by atoms with Gasteiger partial charge in [0.05, 0.1) is 6.04 Å². The summed E-state index contributed by atoms with van der Waals surface area (Å²) in [6.45, 7) is 2.32. The molecule has 0 saturated carbocycles. The first-order valence-corrected chi connectivity index (χ1v) is 21.2. The minimum Gasteiger partial charge on any atom is -0.484 e. The summed E-state index contributed by atoms with van der Waals surface area (Å²) in [5, 5.41) is 5.95. The number of hydrogen-bond donors (Lipinski definition) is 1. The van der Waals surface area contributed by atoms with Crippen molar-refractivity contribution in [1.82, 2.24) is 5.32 Å². The van der Waals surface area contributed by atoms with Gasteiger partial charge in [-0.2, -0.15) is 0 Å². The highest BCUT2D eigenvalue weighted by Crippen LogP contribution is 2.47. The molecule has 1 N–H and O–H groups in total. The summed E-state index contributed by atoms with van der Waals surface area (Å²) in [5.41, 5.74) is 11.6. The van der Waals surface area contributed by atoms with Crippen LogP contribution in [0.15, 0.2) is 213 Å². The van der Waals surface area contributed by atoms with E-state index in [-0.39, 0.29) is 29.6 Å². The fourth-order valence-corrected chi connectivity index (χ4v) is 9.82. The van der Waals surface area contributed by atoms with Crippen LogP contribution >= 0.6 is 0 Å². The Bertz CT molecular complexity index is 3090. The predicted octanol–water partition coefficient (Wildman–Crippen LogP) is 12.4. The number of aliphatic imine (C=N–C) groups is 3. The van der Waals surface area contributed by atoms with Crippen molar-refractivity contribution in [3.63, 3.8) is 0 Å². The van der Waals surface area contributed by atoms with E-state index < -0.39 is 0 Å². The van der Waals surface area contributed by atoms with Crippen molar-refractivity contribution < 1.29 is 9.15 Å². The third-order valence-corrected chi connectivity index (χ3v) is 13.1. The number of benzene rings is 5. The largest absolute Gasteiger partial charge is 0.484 e. The molecule has 0 spiro atoms. The van der Waals surface area contributed by atoms with Gasteiger partial charge in [0, 0.05) is 62.1 Å². The molecule has 1 aromatic heterocycles. The van der Waals surface area contributed by atoms with Gasteiger partial charge >= 0.3 is 0 Å². The molecule has 0 saturated heterocycles. The number of amidine groups is 2. The maximum Gasteiger partial charge on any atom is 0.159 e. The van der Waals surface area contributed by atoms with E-state index in [0.29, 0.717) is 11.8 Å². The number of fused-ring (bicyclic) bond motifs is 7. The fraction of sp³-hybridized carbons (Fsp3) is 0.145. The predicted molar refractivity (Wildman–Crippen MR) is 248 cm³/mol. The fourth-order valence-electron chi connectivity index (χ4n) is 9.82. The number of furan rings is 1. The van der Waals surface area contributed by atoms with Crippen molar-refractivity contribution >= 4 is 39.8 Å². The van der Waals surface area contributed by atoms with Gasteiger partial charge in [0.2, 0.25) is 0 Å². The Morgan fingerprint density at radius 2 is 1.49 bits per heavy atom. The number of nitrogens with one attached hydrogen (secondary N) is 1. The molecule has 3 aliphatic heterocycles. The van der Waals surface area contributed by atoms with Crippen LogP contribution in [0, 0.1) is 11.3 Å². The zero-order chi connectivity index (χ0) is 40.5. The molecule has 0 bridgehead atoms. The highest BCUT2D eigenvalue weighted by Gasteiger charge is 2.37. The lowest BCUT2D eigenvalue weighted by molar-refractivity contribution is 0.270. The van der Waals surface area contributed by atoms with Crippen molar-refractivity contribution in [3.05, 3.63) is 210 Å². The highest BCUT2D eigenvalue weighted by atomic mass is 16.5. The molecule has 6 heteroatoms. The molecule has 0 fully saturated rings. The number of nitrogens with zero attached hydrogens (tertiary/aromatic N) is 3. The molecule has 0 amide bonds. The Kier molecular flexibility index (Phi) is 8.27. The second-order valence-electron chi connectivity index (χ2n) is 16.9. The van der Waals surface area contributed by atoms with Crippen molar-refractivity contribution in [3.8, 4) is 28.0 Å². The first-order valence-electron chi connectivity index (χ1n) is 21.2. The second-order valence-corrected chi connectivity index (χ2v) is 16.9. The van der Waals surface area contributed by atoms with Crippen LogP contribution in [0.2, 0.25) is 0 Å². The van der Waals surface area contributed by atoms with Gasteiger partial charge in [0.1, 0.15) is 35.0 Å². The smallest absolute Gasteiger partial charge is 0.159 e. The van der Waals surface area contributed by atoms with E-state index in [1.165, 1.54) is 11.1 Å². The van der Waals surface area contributed by atoms with Gasteiger partial charge in [0.25, 0.3) is 0 Å². The van der Waals surface area contributed by atoms with Crippen molar-refractivity contribution in [2.75, 3.05) is 0 Å². The van der Waals surface area contributed by atoms with Crippen LogP contribution in [0.3, 0.4) is 0 Å². The molecule has 6 nitrogen and oxygen atoms in total. The van der Waals surface area contributed by atoms with Crippen molar-refractivity contribution in [2.45, 2.75) is 37.6 Å². The molecule has 6 atom stereocenters. The summed E-state index contributed by atoms with van der Waals surface area (Å²) in [7, 11) is 0. The molecular formula is C55H42N4O2. The molecule has 12 rings (SSSR count). The summed E-state index contributed by atoms with van der Waals surface area (Å²) in [6, 6.07) is 38.5. The molecule has 294 valence electrons. The van der Waals surface area contributed by atoms with Crippen LogP contribution in [0.4, 0.5) is 0 Å². The van der Waals surface area contributed by atoms with Crippen LogP contribution < -0.4 is 10.1 Å². The quantitative estimate of drug-likeness (QED) is 0.183. The number of para-hydroxylation sites is 3.